The van der Waals surface area contributed by atoms with Crippen LogP contribution in [0.5, 0.6) is 0 Å². The fourth-order valence-corrected chi connectivity index (χ4v) is 4.91. The molecule has 2 heteroatoms. The standard InChI is InChI=1S/C19H27NS/c1-14(2)15-7-9-19(13-20,10-8-15)11-16-12-21-18-6-4-3-5-17(16)18/h3-6,12,14-15H,7-11,13,20H2,1-2H3. The number of benzene rings is 1. The summed E-state index contributed by atoms with van der Waals surface area (Å²) in [6.07, 6.45) is 6.49. The molecule has 1 nitrogen and oxygen atoms in total. The van der Waals surface area contributed by atoms with Crippen molar-refractivity contribution in [1.29, 1.82) is 0 Å². The number of nitrogens with two attached hydrogens (primary N) is 1. The predicted molar refractivity (Wildman–Crippen MR) is 93.8 cm³/mol. The van der Waals surface area contributed by atoms with Crippen LogP contribution in [0.3, 0.4) is 0 Å². The maximum Gasteiger partial charge on any atom is 0.0345 e. The SMILES string of the molecule is CC(C)C1CCC(CN)(Cc2csc3ccccc23)CC1. The minimum absolute atomic E-state index is 0.342. The Morgan fingerprint density at radius 1 is 1.24 bits per heavy atom. The summed E-state index contributed by atoms with van der Waals surface area (Å²) in [4.78, 5) is 0. The maximum atomic E-state index is 6.22. The second-order valence-electron chi connectivity index (χ2n) is 7.22. The molecule has 0 radical (unpaired) electrons. The van der Waals surface area contributed by atoms with Gasteiger partial charge in [-0.25, -0.2) is 0 Å². The van der Waals surface area contributed by atoms with E-state index in [4.69, 9.17) is 5.73 Å². The summed E-state index contributed by atoms with van der Waals surface area (Å²) in [5, 5.41) is 3.80. The highest BCUT2D eigenvalue weighted by atomic mass is 32.1. The Morgan fingerprint density at radius 2 is 1.95 bits per heavy atom. The first-order valence-electron chi connectivity index (χ1n) is 8.29. The highest BCUT2D eigenvalue weighted by molar-refractivity contribution is 7.17. The molecule has 1 aromatic carbocycles. The van der Waals surface area contributed by atoms with E-state index in [-0.39, 0.29) is 0 Å². The van der Waals surface area contributed by atoms with Crippen molar-refractivity contribution < 1.29 is 0 Å². The lowest BCUT2D eigenvalue weighted by Gasteiger charge is -2.41. The summed E-state index contributed by atoms with van der Waals surface area (Å²) in [5.41, 5.74) is 8.08. The molecule has 0 atom stereocenters. The first-order chi connectivity index (χ1) is 10.1. The molecule has 114 valence electrons. The Hall–Kier alpha value is -0.860. The van der Waals surface area contributed by atoms with Crippen LogP contribution in [0.2, 0.25) is 0 Å². The van der Waals surface area contributed by atoms with Crippen LogP contribution in [0, 0.1) is 17.3 Å². The van der Waals surface area contributed by atoms with Crippen molar-refractivity contribution in [1.82, 2.24) is 0 Å². The first-order valence-corrected chi connectivity index (χ1v) is 9.17. The monoisotopic (exact) mass is 301 g/mol. The Balaban J connectivity index is 1.79. The maximum absolute atomic E-state index is 6.22. The van der Waals surface area contributed by atoms with E-state index in [1.165, 1.54) is 47.8 Å². The van der Waals surface area contributed by atoms with Gasteiger partial charge in [0.2, 0.25) is 0 Å². The van der Waals surface area contributed by atoms with Gasteiger partial charge in [0.05, 0.1) is 0 Å². The minimum Gasteiger partial charge on any atom is -0.330 e. The van der Waals surface area contributed by atoms with Crippen molar-refractivity contribution in [2.24, 2.45) is 23.0 Å². The summed E-state index contributed by atoms with van der Waals surface area (Å²) in [6, 6.07) is 8.79. The molecule has 2 aromatic rings. The van der Waals surface area contributed by atoms with Gasteiger partial charge in [-0.3, -0.25) is 0 Å². The lowest BCUT2D eigenvalue weighted by molar-refractivity contribution is 0.133. The van der Waals surface area contributed by atoms with Crippen molar-refractivity contribution in [2.45, 2.75) is 46.0 Å². The Labute approximate surface area is 132 Å². The van der Waals surface area contributed by atoms with E-state index < -0.39 is 0 Å². The fraction of sp³-hybridized carbons (Fsp3) is 0.579. The van der Waals surface area contributed by atoms with Crippen LogP contribution in [-0.2, 0) is 6.42 Å². The molecule has 0 aliphatic heterocycles. The summed E-state index contributed by atoms with van der Waals surface area (Å²) in [5.74, 6) is 1.73. The lowest BCUT2D eigenvalue weighted by atomic mass is 9.65. The molecule has 21 heavy (non-hydrogen) atoms. The Kier molecular flexibility index (Phi) is 4.37. The molecular formula is C19H27NS. The number of fused-ring (bicyclic) bond motifs is 1. The van der Waals surface area contributed by atoms with Crippen LogP contribution < -0.4 is 5.73 Å². The average Bonchev–Trinajstić information content (AvgIpc) is 2.91. The second kappa shape index (κ2) is 6.10. The smallest absolute Gasteiger partial charge is 0.0345 e. The molecule has 0 amide bonds. The van der Waals surface area contributed by atoms with Gasteiger partial charge in [0.25, 0.3) is 0 Å². The van der Waals surface area contributed by atoms with Crippen LogP contribution in [0.4, 0.5) is 0 Å². The molecule has 1 aromatic heterocycles. The molecule has 2 N–H and O–H groups in total. The van der Waals surface area contributed by atoms with E-state index in [1.54, 1.807) is 0 Å². The summed E-state index contributed by atoms with van der Waals surface area (Å²) in [6.45, 7) is 5.57. The molecule has 1 heterocycles. The first kappa shape index (κ1) is 15.1. The normalized spacial score (nSPS) is 26.6. The number of rotatable bonds is 4. The van der Waals surface area contributed by atoms with Crippen LogP contribution in [0.25, 0.3) is 10.1 Å². The molecule has 0 unspecified atom stereocenters. The third-order valence-corrected chi connectivity index (χ3v) is 6.61. The van der Waals surface area contributed by atoms with Gasteiger partial charge in [0.1, 0.15) is 0 Å². The number of hydrogen-bond acceptors (Lipinski definition) is 2. The third-order valence-electron chi connectivity index (χ3n) is 5.59. The molecular weight excluding hydrogens is 274 g/mol. The van der Waals surface area contributed by atoms with Crippen molar-refractivity contribution in [3.8, 4) is 0 Å². The van der Waals surface area contributed by atoms with Crippen LogP contribution in [0.15, 0.2) is 29.6 Å². The third kappa shape index (κ3) is 3.02. The molecule has 1 saturated carbocycles. The van der Waals surface area contributed by atoms with Gasteiger partial charge >= 0.3 is 0 Å². The van der Waals surface area contributed by atoms with Gasteiger partial charge in [-0.2, -0.15) is 0 Å². The topological polar surface area (TPSA) is 26.0 Å². The van der Waals surface area contributed by atoms with E-state index in [9.17, 15) is 0 Å². The van der Waals surface area contributed by atoms with Crippen molar-refractivity contribution in [2.75, 3.05) is 6.54 Å². The highest BCUT2D eigenvalue weighted by Gasteiger charge is 2.35. The Bertz CT molecular complexity index is 590. The zero-order chi connectivity index (χ0) is 14.9. The van der Waals surface area contributed by atoms with Crippen LogP contribution in [0.1, 0.15) is 45.1 Å². The minimum atomic E-state index is 0.342. The fourth-order valence-electron chi connectivity index (χ4n) is 3.95. The highest BCUT2D eigenvalue weighted by Crippen LogP contribution is 2.44. The van der Waals surface area contributed by atoms with Gasteiger partial charge in [0, 0.05) is 4.70 Å². The van der Waals surface area contributed by atoms with Gasteiger partial charge in [-0.05, 0) is 78.3 Å². The zero-order valence-electron chi connectivity index (χ0n) is 13.3. The van der Waals surface area contributed by atoms with Gasteiger partial charge in [-0.15, -0.1) is 11.3 Å². The van der Waals surface area contributed by atoms with Gasteiger partial charge in [0.15, 0.2) is 0 Å². The van der Waals surface area contributed by atoms with Gasteiger partial charge < -0.3 is 5.73 Å². The lowest BCUT2D eigenvalue weighted by Crippen LogP contribution is -2.37. The molecule has 1 aliphatic carbocycles. The summed E-state index contributed by atoms with van der Waals surface area (Å²) in [7, 11) is 0. The number of thiophene rings is 1. The van der Waals surface area contributed by atoms with E-state index in [0.29, 0.717) is 5.41 Å². The van der Waals surface area contributed by atoms with Crippen LogP contribution in [-0.4, -0.2) is 6.54 Å². The van der Waals surface area contributed by atoms with E-state index in [0.717, 1.165) is 18.4 Å². The summed E-state index contributed by atoms with van der Waals surface area (Å²) >= 11 is 1.88. The van der Waals surface area contributed by atoms with Gasteiger partial charge in [-0.1, -0.05) is 32.0 Å². The van der Waals surface area contributed by atoms with Crippen molar-refractivity contribution >= 4 is 21.4 Å². The van der Waals surface area contributed by atoms with Crippen LogP contribution >= 0.6 is 11.3 Å². The second-order valence-corrected chi connectivity index (χ2v) is 8.13. The molecule has 0 spiro atoms. The zero-order valence-corrected chi connectivity index (χ0v) is 14.1. The molecule has 1 aliphatic rings. The number of hydrogen-bond donors (Lipinski definition) is 1. The van der Waals surface area contributed by atoms with Crippen molar-refractivity contribution in [3.05, 3.63) is 35.2 Å². The van der Waals surface area contributed by atoms with E-state index >= 15 is 0 Å². The average molecular weight is 301 g/mol. The molecule has 0 bridgehead atoms. The molecule has 0 saturated heterocycles. The quantitative estimate of drug-likeness (QED) is 0.821. The molecule has 3 rings (SSSR count). The van der Waals surface area contributed by atoms with E-state index in [2.05, 4.69) is 43.5 Å². The summed E-state index contributed by atoms with van der Waals surface area (Å²) < 4.78 is 1.41. The predicted octanol–water partition coefficient (Wildman–Crippen LogP) is 5.24. The molecule has 1 fully saturated rings. The van der Waals surface area contributed by atoms with E-state index in [1.807, 2.05) is 11.3 Å². The van der Waals surface area contributed by atoms with Crippen molar-refractivity contribution in [3.63, 3.8) is 0 Å². The largest absolute Gasteiger partial charge is 0.330 e. The Morgan fingerprint density at radius 3 is 2.62 bits per heavy atom.